The van der Waals surface area contributed by atoms with Crippen molar-refractivity contribution in [2.75, 3.05) is 12.5 Å². The van der Waals surface area contributed by atoms with Gasteiger partial charge in [0.15, 0.2) is 0 Å². The fourth-order valence-electron chi connectivity index (χ4n) is 0.494. The van der Waals surface area contributed by atoms with Gasteiger partial charge in [0.1, 0.15) is 11.6 Å². The lowest BCUT2D eigenvalue weighted by molar-refractivity contribution is 0.184. The van der Waals surface area contributed by atoms with E-state index in [1.165, 1.54) is 11.3 Å². The minimum atomic E-state index is 0.485. The zero-order valence-corrected chi connectivity index (χ0v) is 6.31. The summed E-state index contributed by atoms with van der Waals surface area (Å²) in [5.74, 6) is 5.08. The van der Waals surface area contributed by atoms with Gasteiger partial charge in [-0.1, -0.05) is 11.3 Å². The van der Waals surface area contributed by atoms with Gasteiger partial charge in [-0.2, -0.15) is 0 Å². The van der Waals surface area contributed by atoms with Crippen molar-refractivity contribution in [2.24, 2.45) is 5.84 Å². The first-order valence-electron chi connectivity index (χ1n) is 2.64. The van der Waals surface area contributed by atoms with Gasteiger partial charge in [0, 0.05) is 7.11 Å². The highest BCUT2D eigenvalue weighted by Crippen LogP contribution is 2.13. The Bertz CT molecular complexity index is 201. The van der Waals surface area contributed by atoms with Gasteiger partial charge in [0.25, 0.3) is 0 Å². The SMILES string of the molecule is COCc1nnc(NN)s1. The second-order valence-electron chi connectivity index (χ2n) is 1.58. The van der Waals surface area contributed by atoms with Gasteiger partial charge in [-0.25, -0.2) is 5.84 Å². The molecule has 0 fully saturated rings. The molecule has 0 atom stereocenters. The fourth-order valence-corrected chi connectivity index (χ4v) is 1.12. The first kappa shape index (κ1) is 7.39. The number of nitrogens with zero attached hydrogens (tertiary/aromatic N) is 2. The van der Waals surface area contributed by atoms with Crippen LogP contribution in [0.2, 0.25) is 0 Å². The molecule has 0 amide bonds. The van der Waals surface area contributed by atoms with E-state index < -0.39 is 0 Å². The molecular weight excluding hydrogens is 152 g/mol. The smallest absolute Gasteiger partial charge is 0.219 e. The molecule has 0 aromatic carbocycles. The maximum absolute atomic E-state index is 5.08. The first-order chi connectivity index (χ1) is 4.86. The van der Waals surface area contributed by atoms with E-state index in [0.29, 0.717) is 11.7 Å². The predicted molar refractivity (Wildman–Crippen MR) is 38.4 cm³/mol. The van der Waals surface area contributed by atoms with E-state index in [0.717, 1.165) is 5.01 Å². The van der Waals surface area contributed by atoms with Crippen molar-refractivity contribution in [1.82, 2.24) is 10.2 Å². The molecule has 6 heteroatoms. The second-order valence-corrected chi connectivity index (χ2v) is 2.64. The van der Waals surface area contributed by atoms with E-state index in [9.17, 15) is 0 Å². The standard InChI is InChI=1S/C4H8N4OS/c1-9-2-3-7-8-4(6-5)10-3/h2,5H2,1H3,(H,6,8). The molecule has 0 bridgehead atoms. The van der Waals surface area contributed by atoms with Crippen LogP contribution in [0.4, 0.5) is 5.13 Å². The molecule has 0 aliphatic rings. The second kappa shape index (κ2) is 3.45. The largest absolute Gasteiger partial charge is 0.377 e. The summed E-state index contributed by atoms with van der Waals surface area (Å²) in [6, 6.07) is 0. The number of nitrogen functional groups attached to an aromatic ring is 1. The Kier molecular flexibility index (Phi) is 2.55. The first-order valence-corrected chi connectivity index (χ1v) is 3.46. The Balaban J connectivity index is 2.59. The molecule has 0 saturated heterocycles. The summed E-state index contributed by atoms with van der Waals surface area (Å²) in [7, 11) is 1.61. The lowest BCUT2D eigenvalue weighted by Gasteiger charge is -1.87. The Morgan fingerprint density at radius 2 is 2.50 bits per heavy atom. The van der Waals surface area contributed by atoms with Crippen LogP contribution in [-0.2, 0) is 11.3 Å². The number of hydrogen-bond donors (Lipinski definition) is 2. The molecule has 0 aliphatic carbocycles. The zero-order valence-electron chi connectivity index (χ0n) is 5.50. The molecule has 0 saturated carbocycles. The average molecular weight is 160 g/mol. The number of methoxy groups -OCH3 is 1. The molecule has 0 spiro atoms. The highest BCUT2D eigenvalue weighted by atomic mass is 32.1. The maximum Gasteiger partial charge on any atom is 0.219 e. The third-order valence-corrected chi connectivity index (χ3v) is 1.69. The Labute approximate surface area is 62.2 Å². The fraction of sp³-hybridized carbons (Fsp3) is 0.500. The molecule has 0 radical (unpaired) electrons. The quantitative estimate of drug-likeness (QED) is 0.480. The predicted octanol–water partition coefficient (Wildman–Crippen LogP) is -0.0299. The minimum absolute atomic E-state index is 0.485. The van der Waals surface area contributed by atoms with Crippen molar-refractivity contribution in [3.05, 3.63) is 5.01 Å². The van der Waals surface area contributed by atoms with Crippen LogP contribution in [0.25, 0.3) is 0 Å². The molecule has 0 unspecified atom stereocenters. The van der Waals surface area contributed by atoms with E-state index in [1.807, 2.05) is 0 Å². The molecule has 5 nitrogen and oxygen atoms in total. The normalized spacial score (nSPS) is 9.80. The van der Waals surface area contributed by atoms with Crippen LogP contribution in [0.15, 0.2) is 0 Å². The number of hydrazine groups is 1. The summed E-state index contributed by atoms with van der Waals surface area (Å²) in [6.07, 6.45) is 0. The molecule has 1 heterocycles. The molecule has 56 valence electrons. The van der Waals surface area contributed by atoms with Gasteiger partial charge in [-0.05, 0) is 0 Å². The lowest BCUT2D eigenvalue weighted by atomic mass is 10.8. The average Bonchev–Trinajstić information content (AvgIpc) is 2.37. The summed E-state index contributed by atoms with van der Waals surface area (Å²) in [5.41, 5.74) is 2.40. The number of ether oxygens (including phenoxy) is 1. The van der Waals surface area contributed by atoms with Gasteiger partial charge >= 0.3 is 0 Å². The van der Waals surface area contributed by atoms with Crippen LogP contribution in [-0.4, -0.2) is 17.3 Å². The Morgan fingerprint density at radius 3 is 3.00 bits per heavy atom. The maximum atomic E-state index is 5.08. The van der Waals surface area contributed by atoms with E-state index >= 15 is 0 Å². The highest BCUT2D eigenvalue weighted by molar-refractivity contribution is 7.15. The summed E-state index contributed by atoms with van der Waals surface area (Å²) >= 11 is 1.37. The van der Waals surface area contributed by atoms with Gasteiger partial charge in [0.05, 0.1) is 0 Å². The van der Waals surface area contributed by atoms with Crippen molar-refractivity contribution in [1.29, 1.82) is 0 Å². The minimum Gasteiger partial charge on any atom is -0.377 e. The summed E-state index contributed by atoms with van der Waals surface area (Å²) < 4.78 is 4.83. The van der Waals surface area contributed by atoms with Crippen LogP contribution >= 0.6 is 11.3 Å². The van der Waals surface area contributed by atoms with Crippen molar-refractivity contribution >= 4 is 16.5 Å². The summed E-state index contributed by atoms with van der Waals surface area (Å²) in [6.45, 7) is 0.485. The number of nitrogens with one attached hydrogen (secondary N) is 1. The lowest BCUT2D eigenvalue weighted by Crippen LogP contribution is -2.05. The van der Waals surface area contributed by atoms with Crippen molar-refractivity contribution in [3.8, 4) is 0 Å². The number of anilines is 1. The molecular formula is C4H8N4OS. The molecule has 3 N–H and O–H groups in total. The molecule has 10 heavy (non-hydrogen) atoms. The third kappa shape index (κ3) is 1.63. The molecule has 1 aromatic rings. The zero-order chi connectivity index (χ0) is 7.40. The molecule has 1 rings (SSSR count). The van der Waals surface area contributed by atoms with Gasteiger partial charge in [-0.3, -0.25) is 5.43 Å². The van der Waals surface area contributed by atoms with E-state index in [-0.39, 0.29) is 0 Å². The highest BCUT2D eigenvalue weighted by Gasteiger charge is 1.99. The summed E-state index contributed by atoms with van der Waals surface area (Å²) in [5, 5.41) is 8.90. The van der Waals surface area contributed by atoms with Crippen molar-refractivity contribution in [3.63, 3.8) is 0 Å². The number of aromatic nitrogens is 2. The van der Waals surface area contributed by atoms with E-state index in [2.05, 4.69) is 15.6 Å². The third-order valence-electron chi connectivity index (χ3n) is 0.858. The van der Waals surface area contributed by atoms with Gasteiger partial charge < -0.3 is 4.74 Å². The summed E-state index contributed by atoms with van der Waals surface area (Å²) in [4.78, 5) is 0. The number of hydrogen-bond acceptors (Lipinski definition) is 6. The van der Waals surface area contributed by atoms with E-state index in [1.54, 1.807) is 7.11 Å². The van der Waals surface area contributed by atoms with Crippen LogP contribution in [0.5, 0.6) is 0 Å². The molecule has 1 aromatic heterocycles. The van der Waals surface area contributed by atoms with Gasteiger partial charge in [0.2, 0.25) is 5.13 Å². The monoisotopic (exact) mass is 160 g/mol. The number of nitrogens with two attached hydrogens (primary N) is 1. The van der Waals surface area contributed by atoms with Crippen molar-refractivity contribution in [2.45, 2.75) is 6.61 Å². The van der Waals surface area contributed by atoms with Crippen LogP contribution in [0.3, 0.4) is 0 Å². The van der Waals surface area contributed by atoms with Crippen LogP contribution in [0.1, 0.15) is 5.01 Å². The Hall–Kier alpha value is -0.720. The number of rotatable bonds is 3. The molecule has 0 aliphatic heterocycles. The van der Waals surface area contributed by atoms with Gasteiger partial charge in [-0.15, -0.1) is 10.2 Å². The van der Waals surface area contributed by atoms with Crippen LogP contribution < -0.4 is 11.3 Å². The van der Waals surface area contributed by atoms with Crippen LogP contribution in [0, 0.1) is 0 Å². The Morgan fingerprint density at radius 1 is 1.70 bits per heavy atom. The topological polar surface area (TPSA) is 73.1 Å². The van der Waals surface area contributed by atoms with Crippen molar-refractivity contribution < 1.29 is 4.74 Å². The van der Waals surface area contributed by atoms with E-state index in [4.69, 9.17) is 10.6 Å².